The molecule has 0 atom stereocenters. The molecule has 0 aliphatic rings. The highest BCUT2D eigenvalue weighted by atomic mass is 16.5. The summed E-state index contributed by atoms with van der Waals surface area (Å²) in [5.74, 6) is 2.47. The first-order chi connectivity index (χ1) is 15.2. The molecule has 0 amide bonds. The van der Waals surface area contributed by atoms with Crippen molar-refractivity contribution >= 4 is 18.1 Å². The van der Waals surface area contributed by atoms with Crippen LogP contribution in [0.4, 0.5) is 0 Å². The van der Waals surface area contributed by atoms with E-state index >= 15 is 0 Å². The molecule has 0 aliphatic carbocycles. The van der Waals surface area contributed by atoms with E-state index < -0.39 is 5.41 Å². The summed E-state index contributed by atoms with van der Waals surface area (Å²) in [5, 5.41) is 0. The first kappa shape index (κ1) is 25.3. The molecule has 0 heterocycles. The van der Waals surface area contributed by atoms with Crippen molar-refractivity contribution < 1.29 is 23.7 Å². The standard InChI is InChI=1S/C27H36O5/c1-20(2)19-32-26(28)27(3,4)14-7-15-31-25-17-22(16-24(18-25)30-6)9-8-21-10-12-23(29-5)13-11-21/h8-13,16-18,20H,7,14-15,19H2,1-6H3/b9-8+. The molecule has 0 aromatic heterocycles. The zero-order chi connectivity index (χ0) is 23.6. The normalized spacial score (nSPS) is 11.6. The zero-order valence-corrected chi connectivity index (χ0v) is 20.1. The fraction of sp³-hybridized carbons (Fsp3) is 0.444. The van der Waals surface area contributed by atoms with Crippen molar-refractivity contribution in [1.29, 1.82) is 0 Å². The van der Waals surface area contributed by atoms with Crippen LogP contribution in [0, 0.1) is 11.3 Å². The lowest BCUT2D eigenvalue weighted by Crippen LogP contribution is -2.28. The molecule has 0 aliphatic heterocycles. The van der Waals surface area contributed by atoms with E-state index in [0.717, 1.165) is 34.8 Å². The van der Waals surface area contributed by atoms with Crippen LogP contribution in [0.15, 0.2) is 42.5 Å². The van der Waals surface area contributed by atoms with Crippen molar-refractivity contribution in [3.05, 3.63) is 53.6 Å². The summed E-state index contributed by atoms with van der Waals surface area (Å²) >= 11 is 0. The lowest BCUT2D eigenvalue weighted by molar-refractivity contribution is -0.155. The number of benzene rings is 2. The second kappa shape index (κ2) is 12.2. The van der Waals surface area contributed by atoms with Crippen molar-refractivity contribution in [2.75, 3.05) is 27.4 Å². The number of hydrogen-bond donors (Lipinski definition) is 0. The minimum absolute atomic E-state index is 0.154. The number of carbonyl (C=O) groups is 1. The molecule has 0 spiro atoms. The molecule has 2 aromatic carbocycles. The number of hydrogen-bond acceptors (Lipinski definition) is 5. The Labute approximate surface area is 192 Å². The Morgan fingerprint density at radius 1 is 0.906 bits per heavy atom. The molecule has 0 bridgehead atoms. The summed E-state index contributed by atoms with van der Waals surface area (Å²) in [7, 11) is 3.30. The Balaban J connectivity index is 1.94. The van der Waals surface area contributed by atoms with Crippen LogP contribution in [0.2, 0.25) is 0 Å². The van der Waals surface area contributed by atoms with Gasteiger partial charge in [0.1, 0.15) is 17.2 Å². The van der Waals surface area contributed by atoms with Crippen LogP contribution in [0.25, 0.3) is 12.2 Å². The van der Waals surface area contributed by atoms with Gasteiger partial charge in [-0.3, -0.25) is 4.79 Å². The largest absolute Gasteiger partial charge is 0.497 e. The van der Waals surface area contributed by atoms with Crippen LogP contribution in [-0.2, 0) is 9.53 Å². The summed E-state index contributed by atoms with van der Waals surface area (Å²) in [6.07, 6.45) is 5.49. The fourth-order valence-electron chi connectivity index (χ4n) is 3.04. The van der Waals surface area contributed by atoms with E-state index in [9.17, 15) is 4.79 Å². The average molecular weight is 441 g/mol. The Bertz CT molecular complexity index is 881. The maximum atomic E-state index is 12.3. The minimum atomic E-state index is -0.529. The second-order valence-electron chi connectivity index (χ2n) is 8.88. The summed E-state index contributed by atoms with van der Waals surface area (Å²) in [6, 6.07) is 13.7. The molecule has 5 nitrogen and oxygen atoms in total. The quantitative estimate of drug-likeness (QED) is 0.222. The first-order valence-electron chi connectivity index (χ1n) is 11.0. The van der Waals surface area contributed by atoms with E-state index in [0.29, 0.717) is 25.6 Å². The minimum Gasteiger partial charge on any atom is -0.497 e. The van der Waals surface area contributed by atoms with E-state index in [-0.39, 0.29) is 5.97 Å². The third-order valence-electron chi connectivity index (χ3n) is 5.04. The van der Waals surface area contributed by atoms with Gasteiger partial charge >= 0.3 is 5.97 Å². The Morgan fingerprint density at radius 2 is 1.53 bits per heavy atom. The van der Waals surface area contributed by atoms with Gasteiger partial charge in [0, 0.05) is 6.07 Å². The van der Waals surface area contributed by atoms with Crippen molar-refractivity contribution in [2.45, 2.75) is 40.5 Å². The Morgan fingerprint density at radius 3 is 2.16 bits per heavy atom. The molecule has 0 fully saturated rings. The van der Waals surface area contributed by atoms with Crippen LogP contribution in [-0.4, -0.2) is 33.4 Å². The second-order valence-corrected chi connectivity index (χ2v) is 8.88. The lowest BCUT2D eigenvalue weighted by atomic mass is 9.88. The first-order valence-corrected chi connectivity index (χ1v) is 11.0. The van der Waals surface area contributed by atoms with Gasteiger partial charge in [-0.05, 0) is 68.0 Å². The molecular formula is C27H36O5. The molecule has 0 unspecified atom stereocenters. The molecule has 2 rings (SSSR count). The number of methoxy groups -OCH3 is 2. The third kappa shape index (κ3) is 8.29. The van der Waals surface area contributed by atoms with Gasteiger partial charge in [0.15, 0.2) is 0 Å². The highest BCUT2D eigenvalue weighted by Gasteiger charge is 2.29. The van der Waals surface area contributed by atoms with E-state index in [1.807, 2.05) is 82.3 Å². The van der Waals surface area contributed by atoms with Crippen molar-refractivity contribution in [1.82, 2.24) is 0 Å². The molecular weight excluding hydrogens is 404 g/mol. The number of ether oxygens (including phenoxy) is 4. The molecule has 0 radical (unpaired) electrons. The predicted molar refractivity (Wildman–Crippen MR) is 129 cm³/mol. The van der Waals surface area contributed by atoms with Gasteiger partial charge in [0.05, 0.1) is 32.8 Å². The molecule has 5 heteroatoms. The highest BCUT2D eigenvalue weighted by Crippen LogP contribution is 2.27. The maximum absolute atomic E-state index is 12.3. The zero-order valence-electron chi connectivity index (χ0n) is 20.1. The monoisotopic (exact) mass is 440 g/mol. The predicted octanol–water partition coefficient (Wildman–Crippen LogP) is 6.26. The van der Waals surface area contributed by atoms with Gasteiger partial charge < -0.3 is 18.9 Å². The summed E-state index contributed by atoms with van der Waals surface area (Å²) in [6.45, 7) is 8.86. The molecule has 32 heavy (non-hydrogen) atoms. The van der Waals surface area contributed by atoms with Gasteiger partial charge in [-0.25, -0.2) is 0 Å². The van der Waals surface area contributed by atoms with Crippen LogP contribution in [0.5, 0.6) is 17.2 Å². The van der Waals surface area contributed by atoms with Crippen molar-refractivity contribution in [2.24, 2.45) is 11.3 Å². The van der Waals surface area contributed by atoms with E-state index in [2.05, 4.69) is 0 Å². The van der Waals surface area contributed by atoms with E-state index in [4.69, 9.17) is 18.9 Å². The van der Waals surface area contributed by atoms with Crippen molar-refractivity contribution in [3.63, 3.8) is 0 Å². The molecule has 0 saturated heterocycles. The van der Waals surface area contributed by atoms with E-state index in [1.54, 1.807) is 14.2 Å². The average Bonchev–Trinajstić information content (AvgIpc) is 2.79. The van der Waals surface area contributed by atoms with Gasteiger partial charge in [0.2, 0.25) is 0 Å². The van der Waals surface area contributed by atoms with Crippen molar-refractivity contribution in [3.8, 4) is 17.2 Å². The van der Waals surface area contributed by atoms with Gasteiger partial charge in [-0.1, -0.05) is 38.1 Å². The maximum Gasteiger partial charge on any atom is 0.311 e. The molecule has 2 aromatic rings. The Hall–Kier alpha value is -2.95. The van der Waals surface area contributed by atoms with Gasteiger partial charge in [0.25, 0.3) is 0 Å². The van der Waals surface area contributed by atoms with Gasteiger partial charge in [-0.15, -0.1) is 0 Å². The number of rotatable bonds is 12. The van der Waals surface area contributed by atoms with E-state index in [1.165, 1.54) is 0 Å². The Kier molecular flexibility index (Phi) is 9.63. The molecule has 0 saturated carbocycles. The smallest absolute Gasteiger partial charge is 0.311 e. The lowest BCUT2D eigenvalue weighted by Gasteiger charge is -2.23. The SMILES string of the molecule is COc1ccc(/C=C/c2cc(OC)cc(OCCCC(C)(C)C(=O)OCC(C)C)c2)cc1. The van der Waals surface area contributed by atoms with Crippen LogP contribution >= 0.6 is 0 Å². The fourth-order valence-corrected chi connectivity index (χ4v) is 3.04. The van der Waals surface area contributed by atoms with Crippen LogP contribution < -0.4 is 14.2 Å². The van der Waals surface area contributed by atoms with Crippen LogP contribution in [0.1, 0.15) is 51.7 Å². The van der Waals surface area contributed by atoms with Crippen LogP contribution in [0.3, 0.4) is 0 Å². The topological polar surface area (TPSA) is 54.0 Å². The summed E-state index contributed by atoms with van der Waals surface area (Å²) in [5.41, 5.74) is 1.52. The third-order valence-corrected chi connectivity index (χ3v) is 5.04. The number of esters is 1. The number of carbonyl (C=O) groups excluding carboxylic acids is 1. The molecule has 174 valence electrons. The summed E-state index contributed by atoms with van der Waals surface area (Å²) in [4.78, 5) is 12.3. The highest BCUT2D eigenvalue weighted by molar-refractivity contribution is 5.75. The summed E-state index contributed by atoms with van der Waals surface area (Å²) < 4.78 is 22.0. The molecule has 0 N–H and O–H groups in total. The van der Waals surface area contributed by atoms with Gasteiger partial charge in [-0.2, -0.15) is 0 Å².